The molecular weight excluding hydrogens is 410 g/mol. The average Bonchev–Trinajstić information content (AvgIpc) is 2.67. The SMILES string of the molecule is COC(=O)[C@H](CNC(=O)OC(C)(C)C)N1CCN(S(=O)(=O)c2ccc(C)cc2)CC1. The summed E-state index contributed by atoms with van der Waals surface area (Å²) >= 11 is 0. The number of sulfonamides is 1. The van der Waals surface area contributed by atoms with Crippen LogP contribution in [0.15, 0.2) is 29.2 Å². The van der Waals surface area contributed by atoms with Gasteiger partial charge in [-0.1, -0.05) is 17.7 Å². The van der Waals surface area contributed by atoms with Gasteiger partial charge < -0.3 is 14.8 Å². The van der Waals surface area contributed by atoms with Gasteiger partial charge in [-0.15, -0.1) is 0 Å². The van der Waals surface area contributed by atoms with Gasteiger partial charge in [0, 0.05) is 32.7 Å². The number of alkyl carbamates (subject to hydrolysis) is 1. The van der Waals surface area contributed by atoms with Crippen LogP contribution in [0.5, 0.6) is 0 Å². The van der Waals surface area contributed by atoms with E-state index in [0.717, 1.165) is 5.56 Å². The summed E-state index contributed by atoms with van der Waals surface area (Å²) in [6, 6.07) is 5.99. The molecule has 1 amide bonds. The quantitative estimate of drug-likeness (QED) is 0.665. The van der Waals surface area contributed by atoms with Crippen molar-refractivity contribution in [3.8, 4) is 0 Å². The third-order valence-electron chi connectivity index (χ3n) is 4.68. The molecular formula is C20H31N3O6S. The van der Waals surface area contributed by atoms with E-state index in [1.165, 1.54) is 11.4 Å². The van der Waals surface area contributed by atoms with E-state index in [2.05, 4.69) is 5.32 Å². The first-order chi connectivity index (χ1) is 13.9. The second-order valence-corrected chi connectivity index (χ2v) is 10.1. The number of nitrogens with one attached hydrogen (secondary N) is 1. The van der Waals surface area contributed by atoms with Gasteiger partial charge >= 0.3 is 12.1 Å². The van der Waals surface area contributed by atoms with Crippen LogP contribution in [0.25, 0.3) is 0 Å². The molecule has 2 rings (SSSR count). The van der Waals surface area contributed by atoms with Gasteiger partial charge in [0.1, 0.15) is 11.6 Å². The highest BCUT2D eigenvalue weighted by atomic mass is 32.2. The topological polar surface area (TPSA) is 105 Å². The monoisotopic (exact) mass is 441 g/mol. The molecule has 1 aliphatic heterocycles. The van der Waals surface area contributed by atoms with Crippen molar-refractivity contribution in [1.29, 1.82) is 0 Å². The van der Waals surface area contributed by atoms with Crippen molar-refractivity contribution < 1.29 is 27.5 Å². The summed E-state index contributed by atoms with van der Waals surface area (Å²) in [5.41, 5.74) is 0.332. The molecule has 0 spiro atoms. The minimum atomic E-state index is -3.60. The van der Waals surface area contributed by atoms with Crippen LogP contribution in [-0.4, -0.2) is 81.2 Å². The molecule has 1 heterocycles. The highest BCUT2D eigenvalue weighted by molar-refractivity contribution is 7.89. The Balaban J connectivity index is 2.01. The van der Waals surface area contributed by atoms with Crippen LogP contribution in [0.1, 0.15) is 26.3 Å². The van der Waals surface area contributed by atoms with Crippen molar-refractivity contribution in [1.82, 2.24) is 14.5 Å². The molecule has 9 nitrogen and oxygen atoms in total. The fraction of sp³-hybridized carbons (Fsp3) is 0.600. The molecule has 168 valence electrons. The lowest BCUT2D eigenvalue weighted by molar-refractivity contribution is -0.147. The van der Waals surface area contributed by atoms with Crippen LogP contribution in [0.4, 0.5) is 4.79 Å². The van der Waals surface area contributed by atoms with E-state index in [4.69, 9.17) is 9.47 Å². The van der Waals surface area contributed by atoms with Crippen LogP contribution in [0, 0.1) is 6.92 Å². The zero-order chi connectivity index (χ0) is 22.5. The molecule has 0 radical (unpaired) electrons. The third kappa shape index (κ3) is 6.41. The molecule has 30 heavy (non-hydrogen) atoms. The molecule has 1 N–H and O–H groups in total. The Kier molecular flexibility index (Phi) is 7.84. The molecule has 1 aromatic carbocycles. The van der Waals surface area contributed by atoms with Gasteiger partial charge in [-0.25, -0.2) is 13.2 Å². The summed E-state index contributed by atoms with van der Waals surface area (Å²) in [5.74, 6) is -0.499. The summed E-state index contributed by atoms with van der Waals surface area (Å²) in [6.45, 7) is 8.28. The molecule has 1 fully saturated rings. The third-order valence-corrected chi connectivity index (χ3v) is 6.60. The van der Waals surface area contributed by atoms with E-state index >= 15 is 0 Å². The molecule has 0 bridgehead atoms. The second-order valence-electron chi connectivity index (χ2n) is 8.17. The van der Waals surface area contributed by atoms with Crippen molar-refractivity contribution in [2.45, 2.75) is 44.2 Å². The molecule has 10 heteroatoms. The van der Waals surface area contributed by atoms with Crippen LogP contribution < -0.4 is 5.32 Å². The van der Waals surface area contributed by atoms with Crippen molar-refractivity contribution in [3.63, 3.8) is 0 Å². The smallest absolute Gasteiger partial charge is 0.407 e. The summed E-state index contributed by atoms with van der Waals surface area (Å²) in [7, 11) is -2.32. The van der Waals surface area contributed by atoms with Crippen LogP contribution >= 0.6 is 0 Å². The van der Waals surface area contributed by atoms with Crippen LogP contribution in [-0.2, 0) is 24.3 Å². The Bertz CT molecular complexity index is 840. The molecule has 0 aromatic heterocycles. The van der Waals surface area contributed by atoms with E-state index in [0.29, 0.717) is 13.1 Å². The zero-order valence-corrected chi connectivity index (χ0v) is 19.0. The predicted octanol–water partition coefficient (Wildman–Crippen LogP) is 1.37. The van der Waals surface area contributed by atoms with Crippen molar-refractivity contribution in [2.75, 3.05) is 39.8 Å². The number of carbonyl (C=O) groups excluding carboxylic acids is 2. The average molecular weight is 442 g/mol. The predicted molar refractivity (Wildman–Crippen MR) is 112 cm³/mol. The maximum atomic E-state index is 12.9. The number of hydrogen-bond donors (Lipinski definition) is 1. The molecule has 1 aromatic rings. The number of esters is 1. The van der Waals surface area contributed by atoms with E-state index in [1.54, 1.807) is 45.0 Å². The first kappa shape index (κ1) is 24.1. The Labute approximate surface area is 178 Å². The number of methoxy groups -OCH3 is 1. The Hall–Kier alpha value is -2.17. The second kappa shape index (κ2) is 9.76. The molecule has 1 atom stereocenters. The molecule has 1 aliphatic rings. The number of rotatable bonds is 6. The first-order valence-electron chi connectivity index (χ1n) is 9.79. The number of aryl methyl sites for hydroxylation is 1. The van der Waals surface area contributed by atoms with Crippen molar-refractivity contribution in [3.05, 3.63) is 29.8 Å². The van der Waals surface area contributed by atoms with E-state index in [-0.39, 0.29) is 24.5 Å². The summed E-state index contributed by atoms with van der Waals surface area (Å²) < 4.78 is 37.2. The van der Waals surface area contributed by atoms with E-state index in [1.807, 2.05) is 11.8 Å². The highest BCUT2D eigenvalue weighted by Crippen LogP contribution is 2.19. The zero-order valence-electron chi connectivity index (χ0n) is 18.2. The number of amides is 1. The van der Waals surface area contributed by atoms with Gasteiger partial charge in [0.2, 0.25) is 10.0 Å². The summed E-state index contributed by atoms with van der Waals surface area (Å²) in [4.78, 5) is 26.2. The maximum absolute atomic E-state index is 12.9. The van der Waals surface area contributed by atoms with E-state index < -0.39 is 33.7 Å². The van der Waals surface area contributed by atoms with Crippen molar-refractivity contribution in [2.24, 2.45) is 0 Å². The molecule has 0 saturated carbocycles. The fourth-order valence-corrected chi connectivity index (χ4v) is 4.53. The lowest BCUT2D eigenvalue weighted by atomic mass is 10.2. The van der Waals surface area contributed by atoms with Gasteiger partial charge in [0.05, 0.1) is 12.0 Å². The van der Waals surface area contributed by atoms with Gasteiger partial charge in [0.25, 0.3) is 0 Å². The molecule has 1 saturated heterocycles. The Morgan fingerprint density at radius 1 is 1.10 bits per heavy atom. The lowest BCUT2D eigenvalue weighted by Gasteiger charge is -2.37. The number of nitrogens with zero attached hydrogens (tertiary/aromatic N) is 2. The first-order valence-corrected chi connectivity index (χ1v) is 11.2. The van der Waals surface area contributed by atoms with Gasteiger partial charge in [0.15, 0.2) is 0 Å². The summed E-state index contributed by atoms with van der Waals surface area (Å²) in [5, 5.41) is 2.59. The lowest BCUT2D eigenvalue weighted by Crippen LogP contribution is -2.57. The number of piperazine rings is 1. The van der Waals surface area contributed by atoms with Crippen LogP contribution in [0.2, 0.25) is 0 Å². The minimum Gasteiger partial charge on any atom is -0.468 e. The van der Waals surface area contributed by atoms with E-state index in [9.17, 15) is 18.0 Å². The Morgan fingerprint density at radius 3 is 2.17 bits per heavy atom. The van der Waals surface area contributed by atoms with Gasteiger partial charge in [-0.2, -0.15) is 4.31 Å². The number of benzene rings is 1. The molecule has 0 aliphatic carbocycles. The normalized spacial score (nSPS) is 17.2. The van der Waals surface area contributed by atoms with Crippen molar-refractivity contribution >= 4 is 22.1 Å². The molecule has 0 unspecified atom stereocenters. The summed E-state index contributed by atoms with van der Waals surface area (Å²) in [6.07, 6.45) is -0.628. The van der Waals surface area contributed by atoms with Gasteiger partial charge in [-0.05, 0) is 39.8 Å². The van der Waals surface area contributed by atoms with Crippen LogP contribution in [0.3, 0.4) is 0 Å². The van der Waals surface area contributed by atoms with Gasteiger partial charge in [-0.3, -0.25) is 9.69 Å². The fourth-order valence-electron chi connectivity index (χ4n) is 3.11. The largest absolute Gasteiger partial charge is 0.468 e. The Morgan fingerprint density at radius 2 is 1.67 bits per heavy atom. The highest BCUT2D eigenvalue weighted by Gasteiger charge is 2.34. The minimum absolute atomic E-state index is 0.00625. The number of ether oxygens (including phenoxy) is 2. The standard InChI is InChI=1S/C20H31N3O6S/c1-15-6-8-16(9-7-15)30(26,27)23-12-10-22(11-13-23)17(18(24)28-5)14-21-19(25)29-20(2,3)4/h6-9,17H,10-14H2,1-5H3,(H,21,25)/t17-/m0/s1. The number of hydrogen-bond acceptors (Lipinski definition) is 7. The maximum Gasteiger partial charge on any atom is 0.407 e. The number of carbonyl (C=O) groups is 2.